The van der Waals surface area contributed by atoms with E-state index in [9.17, 15) is 19.2 Å². The number of nitrogens with zero attached hydrogens (tertiary/aromatic N) is 1. The number of hydrogen-bond acceptors (Lipinski definition) is 7. The van der Waals surface area contributed by atoms with Crippen LogP contribution in [0.15, 0.2) is 34.8 Å². The maximum atomic E-state index is 12.6. The lowest BCUT2D eigenvalue weighted by atomic mass is 9.89. The molecule has 1 aliphatic rings. The normalized spacial score (nSPS) is 15.2. The SMILES string of the molecule is COC1=C(OC)C(=O)C(CCCCC/C=C\CCCCCCCC(=O)OC(CC(=O)O)C[N+](C)(C)C)=C(C)C1=O. The summed E-state index contributed by atoms with van der Waals surface area (Å²) >= 11 is 0. The van der Waals surface area contributed by atoms with Gasteiger partial charge in [-0.2, -0.15) is 0 Å². The van der Waals surface area contributed by atoms with Gasteiger partial charge >= 0.3 is 11.9 Å². The van der Waals surface area contributed by atoms with Gasteiger partial charge in [-0.15, -0.1) is 0 Å². The van der Waals surface area contributed by atoms with E-state index in [0.717, 1.165) is 64.2 Å². The highest BCUT2D eigenvalue weighted by Gasteiger charge is 2.34. The Labute approximate surface area is 239 Å². The van der Waals surface area contributed by atoms with Crippen LogP contribution in [0.1, 0.15) is 90.4 Å². The molecule has 0 radical (unpaired) electrons. The Morgan fingerprint density at radius 2 is 1.35 bits per heavy atom. The third-order valence-electron chi connectivity index (χ3n) is 6.76. The van der Waals surface area contributed by atoms with Gasteiger partial charge in [0, 0.05) is 17.6 Å². The summed E-state index contributed by atoms with van der Waals surface area (Å²) in [5.41, 5.74) is 0.972. The molecule has 1 unspecified atom stereocenters. The molecule has 0 saturated carbocycles. The van der Waals surface area contributed by atoms with Crippen molar-refractivity contribution in [3.8, 4) is 0 Å². The van der Waals surface area contributed by atoms with Crippen molar-refractivity contribution in [3.63, 3.8) is 0 Å². The lowest BCUT2D eigenvalue weighted by molar-refractivity contribution is -0.873. The molecule has 0 aromatic rings. The molecule has 0 saturated heterocycles. The van der Waals surface area contributed by atoms with Crippen LogP contribution in [0.4, 0.5) is 0 Å². The summed E-state index contributed by atoms with van der Waals surface area (Å²) in [6.45, 7) is 2.14. The number of unbranched alkanes of at least 4 members (excludes halogenated alkanes) is 8. The first kappa shape index (κ1) is 35.1. The van der Waals surface area contributed by atoms with Gasteiger partial charge in [-0.05, 0) is 51.9 Å². The number of rotatable bonds is 21. The van der Waals surface area contributed by atoms with Gasteiger partial charge in [0.2, 0.25) is 23.1 Å². The van der Waals surface area contributed by atoms with Crippen molar-refractivity contribution in [2.45, 2.75) is 96.5 Å². The van der Waals surface area contributed by atoms with E-state index in [1.165, 1.54) is 14.2 Å². The number of methoxy groups -OCH3 is 2. The topological polar surface area (TPSA) is 116 Å². The number of carboxylic acid groups (broad SMARTS) is 1. The van der Waals surface area contributed by atoms with Gasteiger partial charge in [0.15, 0.2) is 6.10 Å². The van der Waals surface area contributed by atoms with Crippen LogP contribution in [-0.2, 0) is 33.4 Å². The monoisotopic (exact) mass is 564 g/mol. The molecule has 1 atom stereocenters. The van der Waals surface area contributed by atoms with E-state index in [4.69, 9.17) is 19.3 Å². The largest absolute Gasteiger partial charge is 0.489 e. The zero-order chi connectivity index (χ0) is 30.1. The average molecular weight is 565 g/mol. The maximum Gasteiger partial charge on any atom is 0.307 e. The lowest BCUT2D eigenvalue weighted by Gasteiger charge is -2.28. The smallest absolute Gasteiger partial charge is 0.307 e. The van der Waals surface area contributed by atoms with Gasteiger partial charge in [-0.25, -0.2) is 0 Å². The molecule has 0 bridgehead atoms. The second-order valence-electron chi connectivity index (χ2n) is 11.4. The molecule has 0 heterocycles. The average Bonchev–Trinajstić information content (AvgIpc) is 2.86. The number of esters is 1. The Balaban J connectivity index is 2.13. The predicted octanol–water partition coefficient (Wildman–Crippen LogP) is 5.29. The summed E-state index contributed by atoms with van der Waals surface area (Å²) in [7, 11) is 8.57. The van der Waals surface area contributed by atoms with Crippen molar-refractivity contribution < 1.29 is 43.0 Å². The number of ketones is 2. The Bertz CT molecular complexity index is 955. The summed E-state index contributed by atoms with van der Waals surface area (Å²) in [6.07, 6.45) is 14.4. The molecular weight excluding hydrogens is 514 g/mol. The van der Waals surface area contributed by atoms with E-state index < -0.39 is 12.1 Å². The zero-order valence-electron chi connectivity index (χ0n) is 25.4. The molecule has 40 heavy (non-hydrogen) atoms. The van der Waals surface area contributed by atoms with E-state index in [-0.39, 0.29) is 35.5 Å². The van der Waals surface area contributed by atoms with Crippen LogP contribution in [-0.4, -0.2) is 81.1 Å². The fraction of sp³-hybridized carbons (Fsp3) is 0.677. The molecule has 1 rings (SSSR count). The maximum absolute atomic E-state index is 12.6. The molecule has 1 aliphatic carbocycles. The van der Waals surface area contributed by atoms with Crippen molar-refractivity contribution in [1.29, 1.82) is 0 Å². The van der Waals surface area contributed by atoms with Crippen molar-refractivity contribution in [2.75, 3.05) is 41.9 Å². The van der Waals surface area contributed by atoms with Crippen molar-refractivity contribution in [1.82, 2.24) is 0 Å². The Hall–Kier alpha value is -2.94. The van der Waals surface area contributed by atoms with Gasteiger partial charge in [-0.1, -0.05) is 37.8 Å². The minimum absolute atomic E-state index is 0.00397. The number of ether oxygens (including phenoxy) is 3. The number of Topliss-reactive ketones (excluding diaryl/α,β-unsaturated/α-hetero) is 2. The molecule has 9 heteroatoms. The Morgan fingerprint density at radius 3 is 1.90 bits per heavy atom. The van der Waals surface area contributed by atoms with Crippen LogP contribution in [0.25, 0.3) is 0 Å². The number of aliphatic carboxylic acids is 1. The van der Waals surface area contributed by atoms with Crippen LogP contribution in [0, 0.1) is 0 Å². The highest BCUT2D eigenvalue weighted by atomic mass is 16.5. The number of hydrogen-bond donors (Lipinski definition) is 1. The van der Waals surface area contributed by atoms with Gasteiger partial charge < -0.3 is 23.8 Å². The van der Waals surface area contributed by atoms with Crippen molar-refractivity contribution >= 4 is 23.5 Å². The standard InChI is InChI=1S/C31H49NO8/c1-23-25(29(37)31(39-6)30(38-5)28(23)36)19-17-15-13-11-9-7-8-10-12-14-16-18-20-27(35)40-24(21-26(33)34)22-32(2,3)4/h7,9,24H,8,10-22H2,1-6H3/p+1/b9-7-. The molecule has 0 aliphatic heterocycles. The number of quaternary nitrogens is 1. The minimum atomic E-state index is -0.958. The van der Waals surface area contributed by atoms with Gasteiger partial charge in [-0.3, -0.25) is 19.2 Å². The molecule has 0 aromatic carbocycles. The van der Waals surface area contributed by atoms with Crippen LogP contribution in [0.5, 0.6) is 0 Å². The summed E-state index contributed by atoms with van der Waals surface area (Å²) in [6, 6.07) is 0. The first-order valence-electron chi connectivity index (χ1n) is 14.4. The highest BCUT2D eigenvalue weighted by Crippen LogP contribution is 2.28. The van der Waals surface area contributed by atoms with Crippen molar-refractivity contribution in [2.24, 2.45) is 0 Å². The summed E-state index contributed by atoms with van der Waals surface area (Å²) in [5.74, 6) is -1.83. The fourth-order valence-corrected chi connectivity index (χ4v) is 4.73. The molecule has 226 valence electrons. The molecule has 0 aromatic heterocycles. The van der Waals surface area contributed by atoms with E-state index in [0.29, 0.717) is 35.0 Å². The van der Waals surface area contributed by atoms with Crippen molar-refractivity contribution in [3.05, 3.63) is 34.8 Å². The van der Waals surface area contributed by atoms with Crippen LogP contribution in [0.3, 0.4) is 0 Å². The third kappa shape index (κ3) is 13.4. The summed E-state index contributed by atoms with van der Waals surface area (Å²) < 4.78 is 16.2. The third-order valence-corrected chi connectivity index (χ3v) is 6.76. The zero-order valence-corrected chi connectivity index (χ0v) is 25.4. The molecule has 0 fully saturated rings. The molecule has 0 spiro atoms. The number of allylic oxidation sites excluding steroid dienone is 4. The fourth-order valence-electron chi connectivity index (χ4n) is 4.73. The van der Waals surface area contributed by atoms with Crippen LogP contribution in [0.2, 0.25) is 0 Å². The predicted molar refractivity (Wildman–Crippen MR) is 153 cm³/mol. The van der Waals surface area contributed by atoms with E-state index in [1.54, 1.807) is 6.92 Å². The second kappa shape index (κ2) is 18.4. The molecular formula is C31H50NO8+. The Morgan fingerprint density at radius 1 is 0.825 bits per heavy atom. The van der Waals surface area contributed by atoms with E-state index in [1.807, 2.05) is 21.1 Å². The highest BCUT2D eigenvalue weighted by molar-refractivity contribution is 6.23. The molecule has 0 amide bonds. The van der Waals surface area contributed by atoms with Gasteiger partial charge in [0.25, 0.3) is 0 Å². The van der Waals surface area contributed by atoms with E-state index >= 15 is 0 Å². The number of carboxylic acids is 1. The first-order valence-corrected chi connectivity index (χ1v) is 14.4. The number of likely N-dealkylation sites (N-methyl/N-ethyl adjacent to an activating group) is 1. The van der Waals surface area contributed by atoms with Gasteiger partial charge in [0.1, 0.15) is 6.54 Å². The van der Waals surface area contributed by atoms with Crippen LogP contribution < -0.4 is 0 Å². The Kier molecular flexibility index (Phi) is 16.2. The van der Waals surface area contributed by atoms with Crippen LogP contribution >= 0.6 is 0 Å². The number of carbonyl (C=O) groups excluding carboxylic acids is 3. The summed E-state index contributed by atoms with van der Waals surface area (Å²) in [4.78, 5) is 48.2. The van der Waals surface area contributed by atoms with Gasteiger partial charge in [0.05, 0.1) is 41.8 Å². The number of carbonyl (C=O) groups is 4. The molecule has 9 nitrogen and oxygen atoms in total. The second-order valence-corrected chi connectivity index (χ2v) is 11.4. The molecule has 1 N–H and O–H groups in total. The lowest BCUT2D eigenvalue weighted by Crippen LogP contribution is -2.43. The summed E-state index contributed by atoms with van der Waals surface area (Å²) in [5, 5.41) is 9.06. The minimum Gasteiger partial charge on any atom is -0.489 e. The first-order chi connectivity index (χ1) is 18.9. The van der Waals surface area contributed by atoms with E-state index in [2.05, 4.69) is 12.2 Å². The quantitative estimate of drug-likeness (QED) is 0.0657.